The lowest BCUT2D eigenvalue weighted by atomic mass is 9.97. The molecule has 0 aliphatic heterocycles. The molecule has 0 atom stereocenters. The normalized spacial score (nSPS) is 13.6. The predicted molar refractivity (Wildman–Crippen MR) is 122 cm³/mol. The number of nitrogens with zero attached hydrogens (tertiary/aromatic N) is 2. The SMILES string of the molecule is Cc1ccc(C(=O)NC2CC2)cc1-c1ccc2nc(NCCNC(C)C)ncc2c1. The molecule has 4 rings (SSSR count). The molecule has 1 saturated carbocycles. The molecule has 0 radical (unpaired) electrons. The second kappa shape index (κ2) is 8.79. The summed E-state index contributed by atoms with van der Waals surface area (Å²) >= 11 is 0. The number of nitrogens with one attached hydrogen (secondary N) is 3. The Bertz CT molecular complexity index is 1060. The Morgan fingerprint density at radius 2 is 1.97 bits per heavy atom. The quantitative estimate of drug-likeness (QED) is 0.497. The summed E-state index contributed by atoms with van der Waals surface area (Å²) in [6, 6.07) is 12.9. The van der Waals surface area contributed by atoms with Crippen molar-refractivity contribution in [3.63, 3.8) is 0 Å². The summed E-state index contributed by atoms with van der Waals surface area (Å²) in [5.41, 5.74) is 4.85. The lowest BCUT2D eigenvalue weighted by Crippen LogP contribution is -2.28. The summed E-state index contributed by atoms with van der Waals surface area (Å²) in [5.74, 6) is 0.640. The van der Waals surface area contributed by atoms with E-state index in [2.05, 4.69) is 58.8 Å². The van der Waals surface area contributed by atoms with Gasteiger partial charge in [0.1, 0.15) is 0 Å². The molecule has 0 spiro atoms. The van der Waals surface area contributed by atoms with Crippen LogP contribution in [0.25, 0.3) is 22.0 Å². The Morgan fingerprint density at radius 3 is 2.73 bits per heavy atom. The number of carbonyl (C=O) groups is 1. The molecule has 1 fully saturated rings. The highest BCUT2D eigenvalue weighted by Crippen LogP contribution is 2.28. The van der Waals surface area contributed by atoms with Crippen LogP contribution in [-0.2, 0) is 0 Å². The van der Waals surface area contributed by atoms with Gasteiger partial charge in [-0.2, -0.15) is 0 Å². The van der Waals surface area contributed by atoms with E-state index >= 15 is 0 Å². The summed E-state index contributed by atoms with van der Waals surface area (Å²) in [6.07, 6.45) is 4.02. The first-order valence-electron chi connectivity index (χ1n) is 10.7. The van der Waals surface area contributed by atoms with Crippen LogP contribution in [0.1, 0.15) is 42.6 Å². The van der Waals surface area contributed by atoms with E-state index in [1.807, 2.05) is 30.5 Å². The van der Waals surface area contributed by atoms with Crippen LogP contribution < -0.4 is 16.0 Å². The summed E-state index contributed by atoms with van der Waals surface area (Å²) in [4.78, 5) is 21.5. The molecule has 1 aliphatic rings. The van der Waals surface area contributed by atoms with E-state index in [-0.39, 0.29) is 5.91 Å². The average molecular weight is 404 g/mol. The number of carbonyl (C=O) groups excluding carboxylic acids is 1. The van der Waals surface area contributed by atoms with E-state index in [0.29, 0.717) is 23.6 Å². The number of benzene rings is 2. The highest BCUT2D eigenvalue weighted by Gasteiger charge is 2.24. The molecule has 6 heteroatoms. The van der Waals surface area contributed by atoms with Crippen molar-refractivity contribution in [2.24, 2.45) is 0 Å². The topological polar surface area (TPSA) is 78.9 Å². The molecule has 3 aromatic rings. The van der Waals surface area contributed by atoms with Crippen LogP contribution in [0.3, 0.4) is 0 Å². The van der Waals surface area contributed by atoms with Crippen molar-refractivity contribution in [1.29, 1.82) is 0 Å². The smallest absolute Gasteiger partial charge is 0.251 e. The number of fused-ring (bicyclic) bond motifs is 1. The lowest BCUT2D eigenvalue weighted by molar-refractivity contribution is 0.0951. The molecule has 2 aromatic carbocycles. The highest BCUT2D eigenvalue weighted by atomic mass is 16.1. The summed E-state index contributed by atoms with van der Waals surface area (Å²) in [5, 5.41) is 10.7. The van der Waals surface area contributed by atoms with Crippen molar-refractivity contribution < 1.29 is 4.79 Å². The van der Waals surface area contributed by atoms with Crippen LogP contribution in [0.2, 0.25) is 0 Å². The van der Waals surface area contributed by atoms with E-state index < -0.39 is 0 Å². The molecule has 0 unspecified atom stereocenters. The Balaban J connectivity index is 1.53. The number of rotatable bonds is 8. The van der Waals surface area contributed by atoms with Gasteiger partial charge in [-0.25, -0.2) is 9.97 Å². The lowest BCUT2D eigenvalue weighted by Gasteiger charge is -2.11. The first-order chi connectivity index (χ1) is 14.5. The predicted octanol–water partition coefficient (Wildman–Crippen LogP) is 3.91. The van der Waals surface area contributed by atoms with Gasteiger partial charge < -0.3 is 16.0 Å². The van der Waals surface area contributed by atoms with E-state index in [9.17, 15) is 4.79 Å². The fraction of sp³-hybridized carbons (Fsp3) is 0.375. The number of aryl methyl sites for hydroxylation is 1. The van der Waals surface area contributed by atoms with E-state index in [0.717, 1.165) is 53.5 Å². The van der Waals surface area contributed by atoms with Gasteiger partial charge in [-0.15, -0.1) is 0 Å². The van der Waals surface area contributed by atoms with Gasteiger partial charge >= 0.3 is 0 Å². The summed E-state index contributed by atoms with van der Waals surface area (Å²) in [7, 11) is 0. The molecule has 6 nitrogen and oxygen atoms in total. The zero-order valence-electron chi connectivity index (χ0n) is 17.8. The van der Waals surface area contributed by atoms with Crippen molar-refractivity contribution in [2.45, 2.75) is 45.7 Å². The van der Waals surface area contributed by atoms with Crippen LogP contribution >= 0.6 is 0 Å². The first kappa shape index (κ1) is 20.3. The third-order valence-electron chi connectivity index (χ3n) is 5.26. The van der Waals surface area contributed by atoms with Gasteiger partial charge in [0, 0.05) is 42.3 Å². The van der Waals surface area contributed by atoms with Gasteiger partial charge in [-0.1, -0.05) is 26.0 Å². The highest BCUT2D eigenvalue weighted by molar-refractivity contribution is 5.96. The third kappa shape index (κ3) is 4.94. The van der Waals surface area contributed by atoms with Crippen molar-refractivity contribution in [3.8, 4) is 11.1 Å². The second-order valence-corrected chi connectivity index (χ2v) is 8.28. The maximum Gasteiger partial charge on any atom is 0.251 e. The number of hydrogen-bond donors (Lipinski definition) is 3. The third-order valence-corrected chi connectivity index (χ3v) is 5.26. The average Bonchev–Trinajstić information content (AvgIpc) is 3.55. The number of amides is 1. The molecule has 1 heterocycles. The molecule has 1 amide bonds. The van der Waals surface area contributed by atoms with Crippen molar-refractivity contribution in [3.05, 3.63) is 53.7 Å². The fourth-order valence-electron chi connectivity index (χ4n) is 3.39. The number of anilines is 1. The van der Waals surface area contributed by atoms with Gasteiger partial charge in [0.2, 0.25) is 5.95 Å². The molecule has 1 aliphatic carbocycles. The van der Waals surface area contributed by atoms with Gasteiger partial charge in [0.25, 0.3) is 5.91 Å². The maximum absolute atomic E-state index is 12.4. The molecular formula is C24H29N5O. The molecule has 30 heavy (non-hydrogen) atoms. The molecule has 1 aromatic heterocycles. The Labute approximate surface area is 177 Å². The molecule has 0 bridgehead atoms. The van der Waals surface area contributed by atoms with Crippen LogP contribution in [0.5, 0.6) is 0 Å². The van der Waals surface area contributed by atoms with Crippen molar-refractivity contribution in [2.75, 3.05) is 18.4 Å². The van der Waals surface area contributed by atoms with Gasteiger partial charge in [0.05, 0.1) is 5.52 Å². The molecule has 3 N–H and O–H groups in total. The number of aromatic nitrogens is 2. The Hall–Kier alpha value is -2.99. The minimum Gasteiger partial charge on any atom is -0.353 e. The standard InChI is InChI=1S/C24H29N5O/c1-15(2)25-10-11-26-24-27-14-19-12-17(6-9-22(19)29-24)21-13-18(5-4-16(21)3)23(30)28-20-7-8-20/h4-6,9,12-15,20,25H,7-8,10-11H2,1-3H3,(H,28,30)(H,26,27,29). The van der Waals surface area contributed by atoms with Crippen LogP contribution in [0.4, 0.5) is 5.95 Å². The molecular weight excluding hydrogens is 374 g/mol. The van der Waals surface area contributed by atoms with Gasteiger partial charge in [-0.3, -0.25) is 4.79 Å². The Morgan fingerprint density at radius 1 is 1.13 bits per heavy atom. The largest absolute Gasteiger partial charge is 0.353 e. The minimum atomic E-state index is 0.00513. The van der Waals surface area contributed by atoms with Crippen molar-refractivity contribution >= 4 is 22.8 Å². The van der Waals surface area contributed by atoms with Crippen LogP contribution in [0.15, 0.2) is 42.6 Å². The fourth-order valence-corrected chi connectivity index (χ4v) is 3.39. The van der Waals surface area contributed by atoms with Gasteiger partial charge in [-0.05, 0) is 60.7 Å². The molecule has 156 valence electrons. The second-order valence-electron chi connectivity index (χ2n) is 8.28. The first-order valence-corrected chi connectivity index (χ1v) is 10.7. The monoisotopic (exact) mass is 403 g/mol. The maximum atomic E-state index is 12.4. The van der Waals surface area contributed by atoms with E-state index in [1.165, 1.54) is 0 Å². The van der Waals surface area contributed by atoms with Crippen molar-refractivity contribution in [1.82, 2.24) is 20.6 Å². The Kier molecular flexibility index (Phi) is 5.95. The zero-order chi connectivity index (χ0) is 21.1. The van der Waals surface area contributed by atoms with Crippen LogP contribution in [0, 0.1) is 6.92 Å². The van der Waals surface area contributed by atoms with Crippen LogP contribution in [-0.4, -0.2) is 41.0 Å². The van der Waals surface area contributed by atoms with E-state index in [4.69, 9.17) is 0 Å². The zero-order valence-corrected chi connectivity index (χ0v) is 17.8. The molecule has 0 saturated heterocycles. The van der Waals surface area contributed by atoms with E-state index in [1.54, 1.807) is 0 Å². The summed E-state index contributed by atoms with van der Waals surface area (Å²) in [6.45, 7) is 7.96. The minimum absolute atomic E-state index is 0.00513. The number of hydrogen-bond acceptors (Lipinski definition) is 5. The van der Waals surface area contributed by atoms with Gasteiger partial charge in [0.15, 0.2) is 0 Å². The summed E-state index contributed by atoms with van der Waals surface area (Å²) < 4.78 is 0.